The van der Waals surface area contributed by atoms with Crippen molar-refractivity contribution in [1.82, 2.24) is 6.15 Å². The van der Waals surface area contributed by atoms with E-state index in [0.29, 0.717) is 0 Å². The zero-order valence-corrected chi connectivity index (χ0v) is 8.59. The summed E-state index contributed by atoms with van der Waals surface area (Å²) in [6.07, 6.45) is 0. The Hall–Kier alpha value is -2.53. The Morgan fingerprint density at radius 3 is 0.471 bits per heavy atom. The number of rotatable bonds is 0. The van der Waals surface area contributed by atoms with Crippen LogP contribution in [0.1, 0.15) is 0 Å². The first-order valence-corrected chi connectivity index (χ1v) is 1.91. The van der Waals surface area contributed by atoms with E-state index in [2.05, 4.69) is 0 Å². The zero-order chi connectivity index (χ0) is 13.5. The van der Waals surface area contributed by atoms with E-state index in [-0.39, 0.29) is 22.9 Å². The smallest absolute Gasteiger partial charge is 0.379 e. The van der Waals surface area contributed by atoms with Crippen LogP contribution in [0.25, 0.3) is 0 Å². The minimum absolute atomic E-state index is 0. The first-order chi connectivity index (χ1) is 7.07. The molecule has 17 heavy (non-hydrogen) atoms. The van der Waals surface area contributed by atoms with Crippen molar-refractivity contribution < 1.29 is 42.8 Å². The molecule has 0 aromatic carbocycles. The molecule has 0 fully saturated rings. The van der Waals surface area contributed by atoms with Gasteiger partial charge in [0.2, 0.25) is 0 Å². The van der Waals surface area contributed by atoms with Crippen molar-refractivity contribution in [3.8, 4) is 0 Å². The molecule has 8 N–H and O–H groups in total. The van der Waals surface area contributed by atoms with E-state index in [1.807, 2.05) is 0 Å². The van der Waals surface area contributed by atoms with E-state index >= 15 is 0 Å². The van der Waals surface area contributed by atoms with Crippen LogP contribution in [-0.4, -0.2) is 26.0 Å². The Morgan fingerprint density at radius 1 is 0.471 bits per heavy atom. The van der Waals surface area contributed by atoms with E-state index in [9.17, 15) is 0 Å². The van der Waals surface area contributed by atoms with Gasteiger partial charge in [0.1, 0.15) is 0 Å². The van der Waals surface area contributed by atoms with Crippen molar-refractivity contribution in [1.29, 1.82) is 0 Å². The molecule has 0 heterocycles. The summed E-state index contributed by atoms with van der Waals surface area (Å²) >= 11 is 0. The van der Waals surface area contributed by atoms with Crippen LogP contribution in [0.4, 0.5) is 0 Å². The minimum atomic E-state index is 0. The van der Waals surface area contributed by atoms with Gasteiger partial charge in [-0.3, -0.25) is 0 Å². The van der Waals surface area contributed by atoms with Gasteiger partial charge in [0.25, 0.3) is 0 Å². The van der Waals surface area contributed by atoms with Gasteiger partial charge in [0.15, 0.2) is 26.7 Å². The fraction of sp³-hybridized carbons (Fsp3) is 0. The van der Waals surface area contributed by atoms with Gasteiger partial charge >= 0.3 is 16.8 Å². The van der Waals surface area contributed by atoms with E-state index in [1.165, 1.54) is 26.7 Å². The molecule has 0 aromatic rings. The van der Waals surface area contributed by atoms with Gasteiger partial charge in [-0.25, -0.2) is 0 Å². The second-order valence-electron chi connectivity index (χ2n) is 0.408. The normalized spacial score (nSPS) is 3.53. The van der Waals surface area contributed by atoms with Crippen molar-refractivity contribution >= 4 is 0 Å². The average molecular weight is 311 g/mol. The monoisotopic (exact) mass is 311 g/mol. The number of hydrogen-bond acceptors (Lipinski definition) is 11. The van der Waals surface area contributed by atoms with Crippen LogP contribution in [0, 0.1) is 24.5 Å². The minimum Gasteiger partial charge on any atom is -0.379 e. The topological polar surface area (TPSA) is 283 Å². The van der Waals surface area contributed by atoms with Gasteiger partial charge in [0.05, 0.1) is 0 Å². The summed E-state index contributed by atoms with van der Waals surface area (Å²) in [5.74, 6) is 0. The Kier molecular flexibility index (Phi) is 952. The second-order valence-corrected chi connectivity index (χ2v) is 0.408. The van der Waals surface area contributed by atoms with Gasteiger partial charge in [0, 0.05) is 0 Å². The standard InChI is InChI=1S/Co.5HNO2.H3N/c;5*2-1-3;/h;5*(H,2,3);1H3/q+3;;;;;;. The van der Waals surface area contributed by atoms with E-state index in [0.717, 1.165) is 0 Å². The van der Waals surface area contributed by atoms with Crippen LogP contribution in [0.5, 0.6) is 0 Å². The molecular weight excluding hydrogens is 303 g/mol. The van der Waals surface area contributed by atoms with Crippen molar-refractivity contribution in [3.05, 3.63) is 24.5 Å². The molecule has 16 nitrogen and oxygen atoms in total. The molecule has 0 atom stereocenters. The molecule has 0 saturated carbocycles. The quantitative estimate of drug-likeness (QED) is 0.269. The molecule has 0 aliphatic heterocycles. The molecule has 0 saturated heterocycles. The van der Waals surface area contributed by atoms with Crippen LogP contribution in [0.3, 0.4) is 0 Å². The summed E-state index contributed by atoms with van der Waals surface area (Å²) in [6.45, 7) is 0. The van der Waals surface area contributed by atoms with Crippen LogP contribution < -0.4 is 6.15 Å². The molecule has 0 spiro atoms. The van der Waals surface area contributed by atoms with Gasteiger partial charge in [-0.15, -0.1) is 24.5 Å². The fourth-order valence-corrected chi connectivity index (χ4v) is 0. The first kappa shape index (κ1) is 47.1. The molecule has 0 aliphatic carbocycles. The van der Waals surface area contributed by atoms with E-state index in [1.54, 1.807) is 0 Å². The Balaban J connectivity index is -0.0000000143. The first-order valence-electron chi connectivity index (χ1n) is 1.91. The third-order valence-electron chi connectivity index (χ3n) is 0. The molecule has 0 unspecified atom stereocenters. The van der Waals surface area contributed by atoms with Crippen molar-refractivity contribution in [3.63, 3.8) is 0 Å². The molecule has 0 aliphatic rings. The van der Waals surface area contributed by atoms with Gasteiger partial charge in [-0.2, -0.15) is 0 Å². The molecule has 0 rings (SSSR count). The summed E-state index contributed by atoms with van der Waals surface area (Å²) in [5, 5.41) is 39.4. The second kappa shape index (κ2) is 344. The predicted molar refractivity (Wildman–Crippen MR) is 42.9 cm³/mol. The van der Waals surface area contributed by atoms with E-state index in [4.69, 9.17) is 50.6 Å². The maximum Gasteiger partial charge on any atom is 3.00 e. The third kappa shape index (κ3) is 276. The zero-order valence-electron chi connectivity index (χ0n) is 7.55. The Bertz CT molecular complexity index is 93.1. The number of nitrogens with zero attached hydrogens (tertiary/aromatic N) is 5. The largest absolute Gasteiger partial charge is 3.00 e. The summed E-state index contributed by atoms with van der Waals surface area (Å²) in [4.78, 5) is 40.6. The SMILES string of the molecule is N.O=NO.O=NO.O=NO.O=NO.O=NO.[Co+3]. The maximum atomic E-state index is 8.11. The van der Waals surface area contributed by atoms with Crippen LogP contribution in [-0.2, 0) is 16.8 Å². The van der Waals surface area contributed by atoms with Crippen LogP contribution in [0.15, 0.2) is 26.7 Å². The number of hydrogen-bond donors (Lipinski definition) is 6. The molecular formula is H8CoN6O10+3. The molecule has 0 bridgehead atoms. The summed E-state index contributed by atoms with van der Waals surface area (Å²) in [5.41, 5.74) is 0. The summed E-state index contributed by atoms with van der Waals surface area (Å²) in [7, 11) is 0. The molecule has 0 aromatic heterocycles. The van der Waals surface area contributed by atoms with Crippen LogP contribution in [0.2, 0.25) is 0 Å². The average Bonchev–Trinajstić information content (AvgIpc) is 2.09. The predicted octanol–water partition coefficient (Wildman–Crippen LogP) is 0.869. The van der Waals surface area contributed by atoms with E-state index < -0.39 is 0 Å². The Morgan fingerprint density at radius 2 is 0.471 bits per heavy atom. The van der Waals surface area contributed by atoms with Crippen molar-refractivity contribution in [2.75, 3.05) is 0 Å². The van der Waals surface area contributed by atoms with Gasteiger partial charge < -0.3 is 32.2 Å². The van der Waals surface area contributed by atoms with Gasteiger partial charge in [-0.1, -0.05) is 0 Å². The molecule has 17 heteroatoms. The Labute approximate surface area is 101 Å². The third-order valence-corrected chi connectivity index (χ3v) is 0. The van der Waals surface area contributed by atoms with Crippen molar-refractivity contribution in [2.24, 2.45) is 26.7 Å². The fourth-order valence-electron chi connectivity index (χ4n) is 0. The molecule has 0 amide bonds. The molecule has 104 valence electrons. The van der Waals surface area contributed by atoms with Crippen molar-refractivity contribution in [2.45, 2.75) is 0 Å². The van der Waals surface area contributed by atoms with Crippen LogP contribution >= 0.6 is 0 Å². The summed E-state index contributed by atoms with van der Waals surface area (Å²) in [6, 6.07) is 0. The van der Waals surface area contributed by atoms with Gasteiger partial charge in [-0.05, 0) is 0 Å². The molecule has 0 radical (unpaired) electrons. The maximum absolute atomic E-state index is 8.11. The summed E-state index contributed by atoms with van der Waals surface area (Å²) < 4.78 is 0.